The largest absolute Gasteiger partial charge is 0.490 e. The topological polar surface area (TPSA) is 75.7 Å². The third kappa shape index (κ3) is 6.15. The molecule has 3 rings (SSSR count). The highest BCUT2D eigenvalue weighted by Crippen LogP contribution is 2.28. The number of aryl methyl sites for hydroxylation is 2. The van der Waals surface area contributed by atoms with E-state index in [4.69, 9.17) is 16.3 Å². The van der Waals surface area contributed by atoms with Crippen molar-refractivity contribution in [1.82, 2.24) is 0 Å². The lowest BCUT2D eigenvalue weighted by atomic mass is 10.2. The summed E-state index contributed by atoms with van der Waals surface area (Å²) in [7, 11) is -4.02. The lowest BCUT2D eigenvalue weighted by molar-refractivity contribution is -0.114. The van der Waals surface area contributed by atoms with Crippen molar-refractivity contribution >= 4 is 38.9 Å². The van der Waals surface area contributed by atoms with Gasteiger partial charge in [-0.15, -0.1) is 0 Å². The van der Waals surface area contributed by atoms with E-state index < -0.39 is 22.5 Å². The summed E-state index contributed by atoms with van der Waals surface area (Å²) >= 11 is 6.25. The molecule has 0 aliphatic carbocycles. The molecule has 33 heavy (non-hydrogen) atoms. The van der Waals surface area contributed by atoms with E-state index in [0.29, 0.717) is 28.8 Å². The number of hydrogen-bond acceptors (Lipinski definition) is 4. The summed E-state index contributed by atoms with van der Waals surface area (Å²) in [5.74, 6) is 0.132. The predicted molar refractivity (Wildman–Crippen MR) is 133 cm³/mol. The Kier molecular flexibility index (Phi) is 7.79. The predicted octanol–water partition coefficient (Wildman–Crippen LogP) is 5.36. The number of amides is 1. The number of carbonyl (C=O) groups is 1. The van der Waals surface area contributed by atoms with Gasteiger partial charge in [0.15, 0.2) is 0 Å². The standard InChI is InChI=1S/C25H25ClN2O4S/c1-4-15-32-22-11-8-20(9-12-22)27-25(29)17-28(21-10-7-19(3)24(26)16-21)33(30,31)23-13-5-18(2)6-14-23/h4-14,16H,1,15,17H2,2-3H3,(H,27,29). The second-order valence-electron chi connectivity index (χ2n) is 7.43. The number of nitrogens with one attached hydrogen (secondary N) is 1. The third-order valence-corrected chi connectivity index (χ3v) is 7.04. The summed E-state index contributed by atoms with van der Waals surface area (Å²) in [6, 6.07) is 18.1. The van der Waals surface area contributed by atoms with Crippen molar-refractivity contribution in [3.05, 3.63) is 95.5 Å². The molecule has 0 aliphatic heterocycles. The number of hydrogen-bond donors (Lipinski definition) is 1. The van der Waals surface area contributed by atoms with Crippen molar-refractivity contribution in [3.63, 3.8) is 0 Å². The summed E-state index contributed by atoms with van der Waals surface area (Å²) in [5.41, 5.74) is 2.54. The van der Waals surface area contributed by atoms with Crippen LogP contribution < -0.4 is 14.4 Å². The van der Waals surface area contributed by atoms with Crippen LogP contribution in [0.5, 0.6) is 5.75 Å². The normalized spacial score (nSPS) is 11.0. The fourth-order valence-corrected chi connectivity index (χ4v) is 4.60. The van der Waals surface area contributed by atoms with E-state index >= 15 is 0 Å². The van der Waals surface area contributed by atoms with Gasteiger partial charge in [0.05, 0.1) is 10.6 Å². The minimum atomic E-state index is -4.02. The summed E-state index contributed by atoms with van der Waals surface area (Å²) in [6.07, 6.45) is 1.64. The first kappa shape index (κ1) is 24.4. The van der Waals surface area contributed by atoms with Gasteiger partial charge in [-0.05, 0) is 67.9 Å². The van der Waals surface area contributed by atoms with Gasteiger partial charge in [0.2, 0.25) is 5.91 Å². The van der Waals surface area contributed by atoms with Crippen LogP contribution in [0.1, 0.15) is 11.1 Å². The van der Waals surface area contributed by atoms with Gasteiger partial charge < -0.3 is 10.1 Å². The van der Waals surface area contributed by atoms with Crippen molar-refractivity contribution in [2.24, 2.45) is 0 Å². The second-order valence-corrected chi connectivity index (χ2v) is 9.70. The molecule has 1 N–H and O–H groups in total. The SMILES string of the molecule is C=CCOc1ccc(NC(=O)CN(c2ccc(C)c(Cl)c2)S(=O)(=O)c2ccc(C)cc2)cc1. The molecule has 6 nitrogen and oxygen atoms in total. The number of rotatable bonds is 9. The summed E-state index contributed by atoms with van der Waals surface area (Å²) in [6.45, 7) is 7.23. The summed E-state index contributed by atoms with van der Waals surface area (Å²) in [5, 5.41) is 3.14. The van der Waals surface area contributed by atoms with Crippen LogP contribution in [0.4, 0.5) is 11.4 Å². The molecular formula is C25H25ClN2O4S. The number of halogens is 1. The van der Waals surface area contributed by atoms with Crippen molar-refractivity contribution in [3.8, 4) is 5.75 Å². The van der Waals surface area contributed by atoms with E-state index in [1.54, 1.807) is 60.7 Å². The van der Waals surface area contributed by atoms with E-state index in [-0.39, 0.29) is 4.90 Å². The van der Waals surface area contributed by atoms with Gasteiger partial charge >= 0.3 is 0 Å². The van der Waals surface area contributed by atoms with Gasteiger partial charge in [-0.2, -0.15) is 0 Å². The Morgan fingerprint density at radius 3 is 2.33 bits per heavy atom. The maximum absolute atomic E-state index is 13.5. The zero-order valence-corrected chi connectivity index (χ0v) is 20.0. The van der Waals surface area contributed by atoms with Crippen molar-refractivity contribution < 1.29 is 17.9 Å². The highest BCUT2D eigenvalue weighted by molar-refractivity contribution is 7.92. The number of sulfonamides is 1. The fourth-order valence-electron chi connectivity index (χ4n) is 3.01. The van der Waals surface area contributed by atoms with Crippen LogP contribution in [0.2, 0.25) is 5.02 Å². The van der Waals surface area contributed by atoms with E-state index in [1.165, 1.54) is 12.1 Å². The van der Waals surface area contributed by atoms with Crippen molar-refractivity contribution in [1.29, 1.82) is 0 Å². The third-order valence-electron chi connectivity index (χ3n) is 4.85. The molecule has 172 valence electrons. The van der Waals surface area contributed by atoms with Crippen molar-refractivity contribution in [2.45, 2.75) is 18.7 Å². The molecule has 3 aromatic carbocycles. The van der Waals surface area contributed by atoms with Crippen LogP contribution in [-0.2, 0) is 14.8 Å². The molecule has 0 bridgehead atoms. The molecular weight excluding hydrogens is 460 g/mol. The van der Waals surface area contributed by atoms with Crippen LogP contribution in [0.3, 0.4) is 0 Å². The van der Waals surface area contributed by atoms with Gasteiger partial charge in [-0.25, -0.2) is 8.42 Å². The molecule has 0 atom stereocenters. The number of nitrogens with zero attached hydrogens (tertiary/aromatic N) is 1. The Morgan fingerprint density at radius 1 is 1.06 bits per heavy atom. The first-order valence-electron chi connectivity index (χ1n) is 10.2. The van der Waals surface area contributed by atoms with Crippen LogP contribution in [0, 0.1) is 13.8 Å². The molecule has 0 aliphatic rings. The average molecular weight is 485 g/mol. The molecule has 0 fully saturated rings. The molecule has 8 heteroatoms. The van der Waals surface area contributed by atoms with Crippen LogP contribution in [0.25, 0.3) is 0 Å². The van der Waals surface area contributed by atoms with Crippen molar-refractivity contribution in [2.75, 3.05) is 22.8 Å². The van der Waals surface area contributed by atoms with Gasteiger partial charge in [-0.3, -0.25) is 9.10 Å². The molecule has 1 amide bonds. The molecule has 0 saturated heterocycles. The fraction of sp³-hybridized carbons (Fsp3) is 0.160. The molecule has 0 unspecified atom stereocenters. The molecule has 3 aromatic rings. The first-order chi connectivity index (χ1) is 15.7. The molecule has 0 radical (unpaired) electrons. The van der Waals surface area contributed by atoms with Gasteiger partial charge in [0.25, 0.3) is 10.0 Å². The van der Waals surface area contributed by atoms with E-state index in [9.17, 15) is 13.2 Å². The monoisotopic (exact) mass is 484 g/mol. The molecule has 0 heterocycles. The Labute approximate surface area is 199 Å². The molecule has 0 saturated carbocycles. The summed E-state index contributed by atoms with van der Waals surface area (Å²) < 4.78 is 33.4. The Morgan fingerprint density at radius 2 is 1.73 bits per heavy atom. The molecule has 0 spiro atoms. The highest BCUT2D eigenvalue weighted by Gasteiger charge is 2.27. The quantitative estimate of drug-likeness (QED) is 0.415. The maximum Gasteiger partial charge on any atom is 0.264 e. The molecule has 0 aromatic heterocycles. The van der Waals surface area contributed by atoms with Gasteiger partial charge in [-0.1, -0.05) is 48.0 Å². The Balaban J connectivity index is 1.87. The highest BCUT2D eigenvalue weighted by atomic mass is 35.5. The minimum Gasteiger partial charge on any atom is -0.490 e. The van der Waals surface area contributed by atoms with E-state index in [1.807, 2.05) is 13.8 Å². The van der Waals surface area contributed by atoms with Gasteiger partial charge in [0, 0.05) is 10.7 Å². The van der Waals surface area contributed by atoms with E-state index in [2.05, 4.69) is 11.9 Å². The lowest BCUT2D eigenvalue weighted by Gasteiger charge is -2.24. The zero-order valence-electron chi connectivity index (χ0n) is 18.4. The van der Waals surface area contributed by atoms with Crippen LogP contribution in [-0.4, -0.2) is 27.5 Å². The van der Waals surface area contributed by atoms with Gasteiger partial charge in [0.1, 0.15) is 18.9 Å². The van der Waals surface area contributed by atoms with Crippen LogP contribution >= 0.6 is 11.6 Å². The lowest BCUT2D eigenvalue weighted by Crippen LogP contribution is -2.38. The minimum absolute atomic E-state index is 0.0846. The van der Waals surface area contributed by atoms with Crippen LogP contribution in [0.15, 0.2) is 84.3 Å². The Hall–Kier alpha value is -3.29. The number of carbonyl (C=O) groups excluding carboxylic acids is 1. The zero-order chi connectivity index (χ0) is 24.0. The van der Waals surface area contributed by atoms with E-state index in [0.717, 1.165) is 15.4 Å². The maximum atomic E-state index is 13.5. The smallest absolute Gasteiger partial charge is 0.264 e. The summed E-state index contributed by atoms with van der Waals surface area (Å²) in [4.78, 5) is 12.9. The number of benzene rings is 3. The number of ether oxygens (including phenoxy) is 1. The number of anilines is 2. The Bertz CT molecular complexity index is 1240. The first-order valence-corrected chi connectivity index (χ1v) is 12.0. The second kappa shape index (κ2) is 10.6. The average Bonchev–Trinajstić information content (AvgIpc) is 2.79.